The van der Waals surface area contributed by atoms with E-state index in [1.165, 1.54) is 0 Å². The van der Waals surface area contributed by atoms with Gasteiger partial charge in [-0.15, -0.1) is 0 Å². The number of aliphatic hydroxyl groups excluding tert-OH is 4. The minimum Gasteiger partial charge on any atom is -0.478 e. The average molecular weight is 444 g/mol. The third kappa shape index (κ3) is 4.19. The number of ether oxygens (including phenoxy) is 3. The Morgan fingerprint density at radius 1 is 1.16 bits per heavy atom. The van der Waals surface area contributed by atoms with E-state index in [1.807, 2.05) is 6.92 Å². The van der Waals surface area contributed by atoms with Gasteiger partial charge in [0, 0.05) is 17.9 Å². The maximum absolute atomic E-state index is 11.6. The molecule has 10 nitrogen and oxygen atoms in total. The van der Waals surface area contributed by atoms with Gasteiger partial charge in [0.1, 0.15) is 35.6 Å². The smallest absolute Gasteiger partial charge is 0.328 e. The number of carboxylic acid groups (broad SMARTS) is 1. The summed E-state index contributed by atoms with van der Waals surface area (Å²) in [5, 5.41) is 60.0. The molecule has 1 aliphatic carbocycles. The Hall–Kier alpha value is -1.37. The molecule has 0 spiro atoms. The second-order valence-corrected chi connectivity index (χ2v) is 9.27. The molecule has 0 aromatic rings. The number of allylic oxidation sites excluding steroid dienone is 2. The highest BCUT2D eigenvalue weighted by molar-refractivity contribution is 5.81. The fourth-order valence-electron chi connectivity index (χ4n) is 4.95. The van der Waals surface area contributed by atoms with E-state index in [1.54, 1.807) is 26.0 Å². The van der Waals surface area contributed by atoms with Gasteiger partial charge in [0.2, 0.25) is 0 Å². The summed E-state index contributed by atoms with van der Waals surface area (Å²) in [6, 6.07) is 0. The molecule has 9 atom stereocenters. The van der Waals surface area contributed by atoms with Crippen LogP contribution in [0.4, 0.5) is 0 Å². The van der Waals surface area contributed by atoms with Crippen molar-refractivity contribution in [3.8, 4) is 0 Å². The summed E-state index contributed by atoms with van der Waals surface area (Å²) in [5.41, 5.74) is -2.77. The van der Waals surface area contributed by atoms with Crippen molar-refractivity contribution in [1.29, 1.82) is 0 Å². The van der Waals surface area contributed by atoms with E-state index >= 15 is 0 Å². The number of carbonyl (C=O) groups is 1. The van der Waals surface area contributed by atoms with Gasteiger partial charge in [-0.1, -0.05) is 13.0 Å². The molecule has 2 bridgehead atoms. The van der Waals surface area contributed by atoms with Crippen LogP contribution in [0.3, 0.4) is 0 Å². The van der Waals surface area contributed by atoms with Gasteiger partial charge in [-0.25, -0.2) is 4.79 Å². The minimum absolute atomic E-state index is 0.236. The van der Waals surface area contributed by atoms with Gasteiger partial charge in [0.05, 0.1) is 19.3 Å². The van der Waals surface area contributed by atoms with Crippen LogP contribution in [0.15, 0.2) is 23.8 Å². The molecule has 0 aromatic carbocycles. The lowest BCUT2D eigenvalue weighted by molar-refractivity contribution is -0.319. The number of hydrogen-bond acceptors (Lipinski definition) is 9. The van der Waals surface area contributed by atoms with E-state index in [9.17, 15) is 30.3 Å². The van der Waals surface area contributed by atoms with E-state index in [0.717, 1.165) is 6.08 Å². The Balaban J connectivity index is 1.78. The Labute approximate surface area is 180 Å². The lowest BCUT2D eigenvalue weighted by atomic mass is 9.59. The largest absolute Gasteiger partial charge is 0.478 e. The van der Waals surface area contributed by atoms with Crippen LogP contribution >= 0.6 is 0 Å². The first-order valence-corrected chi connectivity index (χ1v) is 10.3. The van der Waals surface area contributed by atoms with Gasteiger partial charge < -0.3 is 44.8 Å². The summed E-state index contributed by atoms with van der Waals surface area (Å²) >= 11 is 0. The van der Waals surface area contributed by atoms with Gasteiger partial charge in [-0.05, 0) is 31.9 Å². The second kappa shape index (κ2) is 8.53. The quantitative estimate of drug-likeness (QED) is 0.223. The standard InChI is InChI=1S/C21H32O10/c1-11(6-14(23)24)4-5-21(28)19(2)7-12(8-20(21,3)29-10-19)30-18-17(27)16(26)15(25)13(9-22)31-18/h4-6,12-13,15-18,22,25-28H,7-10H2,1-3H3,(H,23,24)/b5-4+,11-6-/t12-,13-,15-,16+,17-,18-,19?,20?,21+/m1/s1. The fourth-order valence-corrected chi connectivity index (χ4v) is 4.95. The topological polar surface area (TPSA) is 166 Å². The highest BCUT2D eigenvalue weighted by Gasteiger charge is 2.67. The highest BCUT2D eigenvalue weighted by atomic mass is 16.7. The summed E-state index contributed by atoms with van der Waals surface area (Å²) in [6.07, 6.45) is -2.65. The van der Waals surface area contributed by atoms with Crippen LogP contribution in [0.25, 0.3) is 0 Å². The van der Waals surface area contributed by atoms with E-state index in [0.29, 0.717) is 12.0 Å². The summed E-state index contributed by atoms with van der Waals surface area (Å²) in [7, 11) is 0. The third-order valence-electron chi connectivity index (χ3n) is 6.84. The highest BCUT2D eigenvalue weighted by Crippen LogP contribution is 2.58. The minimum atomic E-state index is -1.54. The number of aliphatic carboxylic acids is 1. The Morgan fingerprint density at radius 3 is 2.42 bits per heavy atom. The van der Waals surface area contributed by atoms with Crippen LogP contribution in [0.1, 0.15) is 33.6 Å². The van der Waals surface area contributed by atoms with Crippen molar-refractivity contribution in [3.63, 3.8) is 0 Å². The predicted octanol–water partition coefficient (Wildman–Crippen LogP) is -0.921. The summed E-state index contributed by atoms with van der Waals surface area (Å²) in [5.74, 6) is -1.08. The Morgan fingerprint density at radius 2 is 1.84 bits per heavy atom. The molecule has 3 aliphatic rings. The predicted molar refractivity (Wildman–Crippen MR) is 106 cm³/mol. The van der Waals surface area contributed by atoms with Crippen molar-refractivity contribution >= 4 is 5.97 Å². The third-order valence-corrected chi connectivity index (χ3v) is 6.84. The molecule has 0 radical (unpaired) electrons. The molecule has 2 unspecified atom stereocenters. The van der Waals surface area contributed by atoms with Crippen LogP contribution in [0, 0.1) is 5.41 Å². The average Bonchev–Trinajstić information content (AvgIpc) is 2.79. The normalized spacial score (nSPS) is 48.3. The molecule has 0 amide bonds. The first-order valence-electron chi connectivity index (χ1n) is 10.3. The van der Waals surface area contributed by atoms with Crippen molar-refractivity contribution < 1.29 is 49.6 Å². The number of fused-ring (bicyclic) bond motifs is 2. The van der Waals surface area contributed by atoms with Crippen molar-refractivity contribution in [1.82, 2.24) is 0 Å². The molecule has 2 aliphatic heterocycles. The van der Waals surface area contributed by atoms with E-state index < -0.39 is 66.0 Å². The summed E-state index contributed by atoms with van der Waals surface area (Å²) in [4.78, 5) is 10.9. The van der Waals surface area contributed by atoms with Crippen LogP contribution in [0.5, 0.6) is 0 Å². The first-order chi connectivity index (χ1) is 14.4. The van der Waals surface area contributed by atoms with Crippen molar-refractivity contribution in [3.05, 3.63) is 23.8 Å². The molecular weight excluding hydrogens is 412 g/mol. The molecule has 3 rings (SSSR count). The van der Waals surface area contributed by atoms with Crippen molar-refractivity contribution in [2.75, 3.05) is 13.2 Å². The van der Waals surface area contributed by atoms with Crippen LogP contribution in [-0.4, -0.2) is 97.8 Å². The molecule has 6 N–H and O–H groups in total. The fraction of sp³-hybridized carbons (Fsp3) is 0.762. The Bertz CT molecular complexity index is 728. The zero-order valence-corrected chi connectivity index (χ0v) is 17.8. The zero-order valence-electron chi connectivity index (χ0n) is 17.8. The lowest BCUT2D eigenvalue weighted by Gasteiger charge is -2.51. The van der Waals surface area contributed by atoms with E-state index in [2.05, 4.69) is 0 Å². The maximum atomic E-state index is 11.6. The second-order valence-electron chi connectivity index (χ2n) is 9.27. The summed E-state index contributed by atoms with van der Waals surface area (Å²) < 4.78 is 17.3. The SMILES string of the molecule is CC(=C/C(=O)O)/C=C/[C@]1(O)C2(C)COC1(C)C[C@H](O[C@@H]1O[C@H](CO)[C@@H](O)[C@H](O)[C@H]1O)C2. The molecular formula is C21H32O10. The molecule has 10 heteroatoms. The monoisotopic (exact) mass is 444 g/mol. The lowest BCUT2D eigenvalue weighted by Crippen LogP contribution is -2.63. The van der Waals surface area contributed by atoms with Gasteiger partial charge >= 0.3 is 5.97 Å². The number of hydrogen-bond donors (Lipinski definition) is 6. The van der Waals surface area contributed by atoms with Crippen molar-refractivity contribution in [2.24, 2.45) is 5.41 Å². The summed E-state index contributed by atoms with van der Waals surface area (Å²) in [6.45, 7) is 4.88. The molecule has 1 saturated carbocycles. The number of carboxylic acids is 1. The zero-order chi connectivity index (χ0) is 23.2. The number of rotatable bonds is 6. The Kier molecular flexibility index (Phi) is 6.68. The molecule has 0 aromatic heterocycles. The molecule has 176 valence electrons. The molecule has 3 fully saturated rings. The number of aliphatic hydroxyl groups is 5. The van der Waals surface area contributed by atoms with Gasteiger partial charge in [0.25, 0.3) is 0 Å². The van der Waals surface area contributed by atoms with Gasteiger partial charge in [-0.3, -0.25) is 0 Å². The van der Waals surface area contributed by atoms with Crippen LogP contribution in [0.2, 0.25) is 0 Å². The molecule has 2 saturated heterocycles. The molecule has 2 heterocycles. The van der Waals surface area contributed by atoms with E-state index in [-0.39, 0.29) is 13.0 Å². The van der Waals surface area contributed by atoms with Crippen LogP contribution in [-0.2, 0) is 19.0 Å². The van der Waals surface area contributed by atoms with Crippen LogP contribution < -0.4 is 0 Å². The van der Waals surface area contributed by atoms with Gasteiger partial charge in [-0.2, -0.15) is 0 Å². The van der Waals surface area contributed by atoms with E-state index in [4.69, 9.17) is 19.3 Å². The maximum Gasteiger partial charge on any atom is 0.328 e. The first kappa shape index (κ1) is 24.3. The van der Waals surface area contributed by atoms with Crippen molar-refractivity contribution in [2.45, 2.75) is 81.6 Å². The van der Waals surface area contributed by atoms with Gasteiger partial charge in [0.15, 0.2) is 6.29 Å². The molecule has 31 heavy (non-hydrogen) atoms.